The molecule has 0 saturated carbocycles. The second kappa shape index (κ2) is 7.53. The maximum atomic E-state index is 11.1. The highest BCUT2D eigenvalue weighted by atomic mass is 32.2. The Morgan fingerprint density at radius 1 is 1.39 bits per heavy atom. The molecule has 3 atom stereocenters. The van der Waals surface area contributed by atoms with Crippen LogP contribution in [0.2, 0.25) is 0 Å². The summed E-state index contributed by atoms with van der Waals surface area (Å²) in [5.74, 6) is 0.236. The van der Waals surface area contributed by atoms with Crippen molar-refractivity contribution in [2.45, 2.75) is 43.0 Å². The largest absolute Gasteiger partial charge is 0.481 e. The van der Waals surface area contributed by atoms with Crippen molar-refractivity contribution in [3.63, 3.8) is 0 Å². The second-order valence-corrected chi connectivity index (χ2v) is 5.53. The van der Waals surface area contributed by atoms with E-state index in [9.17, 15) is 9.59 Å². The molecular weight excluding hydrogens is 255 g/mol. The van der Waals surface area contributed by atoms with Gasteiger partial charge in [-0.3, -0.25) is 4.79 Å². The minimum atomic E-state index is -0.729. The summed E-state index contributed by atoms with van der Waals surface area (Å²) >= 11 is 1.87. The van der Waals surface area contributed by atoms with Crippen molar-refractivity contribution in [2.75, 3.05) is 5.75 Å². The van der Waals surface area contributed by atoms with Crippen LogP contribution in [0.1, 0.15) is 25.7 Å². The van der Waals surface area contributed by atoms with Crippen molar-refractivity contribution in [3.05, 3.63) is 0 Å². The molecule has 2 rings (SSSR count). The number of nitrogens with one attached hydrogen (secondary N) is 2. The summed E-state index contributed by atoms with van der Waals surface area (Å²) < 4.78 is 0. The van der Waals surface area contributed by atoms with Crippen molar-refractivity contribution in [1.82, 2.24) is 10.6 Å². The van der Waals surface area contributed by atoms with Crippen molar-refractivity contribution < 1.29 is 19.7 Å². The lowest BCUT2D eigenvalue weighted by Gasteiger charge is -2.16. The van der Waals surface area contributed by atoms with Crippen molar-refractivity contribution in [3.8, 4) is 0 Å². The van der Waals surface area contributed by atoms with E-state index in [1.165, 1.54) is 0 Å². The average molecular weight is 272 g/mol. The molecule has 2 heterocycles. The Hall–Kier alpha value is -0.885. The summed E-state index contributed by atoms with van der Waals surface area (Å²) in [6.07, 6.45) is 2.88. The van der Waals surface area contributed by atoms with Gasteiger partial charge in [0, 0.05) is 17.4 Å². The van der Waals surface area contributed by atoms with Crippen molar-refractivity contribution in [2.24, 2.45) is 0 Å². The first-order chi connectivity index (χ1) is 8.66. The van der Waals surface area contributed by atoms with E-state index in [4.69, 9.17) is 10.1 Å². The third-order valence-electron chi connectivity index (χ3n) is 3.07. The molecule has 6 nitrogen and oxygen atoms in total. The number of rotatable bonds is 5. The van der Waals surface area contributed by atoms with Gasteiger partial charge in [0.25, 0.3) is 8.05 Å². The van der Waals surface area contributed by atoms with E-state index in [1.54, 1.807) is 0 Å². The van der Waals surface area contributed by atoms with Gasteiger partial charge in [0.2, 0.25) is 0 Å². The fraction of sp³-hybridized carbons (Fsp3) is 0.800. The molecule has 2 aliphatic heterocycles. The fourth-order valence-electron chi connectivity index (χ4n) is 2.26. The second-order valence-electron chi connectivity index (χ2n) is 4.26. The highest BCUT2D eigenvalue weighted by Crippen LogP contribution is 2.33. The molecule has 0 aromatic carbocycles. The van der Waals surface area contributed by atoms with E-state index in [-0.39, 0.29) is 24.5 Å². The van der Waals surface area contributed by atoms with Crippen LogP contribution in [0.25, 0.3) is 0 Å². The molecule has 2 aliphatic rings. The first kappa shape index (κ1) is 15.2. The zero-order valence-electron chi connectivity index (χ0n) is 9.96. The standard InChI is InChI=1S/C10H16N2O3S.BHO/c13-8(14)4-2-1-3-7-9-6(5-16-7)11-10(15)12-9;1-2/h6-7,9H,1-5H2,(H,13,14)(H2,11,12,15);2H/t6-,7-,9-;/m0./s1. The number of amides is 2. The van der Waals surface area contributed by atoms with Crippen LogP contribution in [0.4, 0.5) is 4.79 Å². The molecular formula is C10H17BN2O4S. The summed E-state index contributed by atoms with van der Waals surface area (Å²) in [5.41, 5.74) is 0. The van der Waals surface area contributed by atoms with E-state index in [0.717, 1.165) is 25.0 Å². The fourth-order valence-corrected chi connectivity index (χ4v) is 3.81. The number of carbonyl (C=O) groups excluding carboxylic acids is 1. The lowest BCUT2D eigenvalue weighted by atomic mass is 10.0. The first-order valence-electron chi connectivity index (χ1n) is 5.83. The molecule has 2 radical (unpaired) electrons. The number of thioether (sulfide) groups is 1. The van der Waals surface area contributed by atoms with Gasteiger partial charge in [0.15, 0.2) is 0 Å². The lowest BCUT2D eigenvalue weighted by molar-refractivity contribution is -0.137. The number of aliphatic carboxylic acids is 1. The highest BCUT2D eigenvalue weighted by molar-refractivity contribution is 8.00. The van der Waals surface area contributed by atoms with Gasteiger partial charge in [-0.15, -0.1) is 0 Å². The number of hydrogen-bond donors (Lipinski definition) is 4. The van der Waals surface area contributed by atoms with Gasteiger partial charge in [0.05, 0.1) is 12.1 Å². The average Bonchev–Trinajstić information content (AvgIpc) is 2.87. The van der Waals surface area contributed by atoms with Gasteiger partial charge in [-0.05, 0) is 12.8 Å². The van der Waals surface area contributed by atoms with E-state index in [2.05, 4.69) is 18.7 Å². The number of unbranched alkanes of at least 4 members (excludes halogenated alkanes) is 1. The van der Waals surface area contributed by atoms with Crippen molar-refractivity contribution >= 4 is 31.8 Å². The quantitative estimate of drug-likeness (QED) is 0.317. The minimum Gasteiger partial charge on any atom is -0.481 e. The molecule has 18 heavy (non-hydrogen) atoms. The molecule has 4 N–H and O–H groups in total. The predicted octanol–water partition coefficient (Wildman–Crippen LogP) is -0.141. The zero-order chi connectivity index (χ0) is 13.5. The maximum absolute atomic E-state index is 11.1. The Bertz CT molecular complexity index is 306. The first-order valence-corrected chi connectivity index (χ1v) is 6.88. The topological polar surface area (TPSA) is 98.7 Å². The van der Waals surface area contributed by atoms with Crippen LogP contribution < -0.4 is 10.6 Å². The number of carboxylic acids is 1. The Kier molecular flexibility index (Phi) is 6.35. The number of fused-ring (bicyclic) bond motifs is 1. The van der Waals surface area contributed by atoms with E-state index in [0.29, 0.717) is 5.25 Å². The van der Waals surface area contributed by atoms with Crippen LogP contribution in [0.15, 0.2) is 0 Å². The van der Waals surface area contributed by atoms with E-state index in [1.807, 2.05) is 11.8 Å². The number of carbonyl (C=O) groups is 2. The molecule has 0 aromatic rings. The Balaban J connectivity index is 0.000000771. The molecule has 2 amide bonds. The summed E-state index contributed by atoms with van der Waals surface area (Å²) in [6.45, 7) is 0. The molecule has 2 fully saturated rings. The van der Waals surface area contributed by atoms with Gasteiger partial charge in [-0.2, -0.15) is 11.8 Å². The molecule has 8 heteroatoms. The number of urea groups is 1. The summed E-state index contributed by atoms with van der Waals surface area (Å²) in [6, 6.07) is 0.440. The summed E-state index contributed by atoms with van der Waals surface area (Å²) in [4.78, 5) is 21.5. The van der Waals surface area contributed by atoms with E-state index >= 15 is 0 Å². The van der Waals surface area contributed by atoms with Crippen LogP contribution in [0.3, 0.4) is 0 Å². The Morgan fingerprint density at radius 2 is 2.11 bits per heavy atom. The number of hydrogen-bond acceptors (Lipinski definition) is 4. The van der Waals surface area contributed by atoms with Crippen LogP contribution in [0.5, 0.6) is 0 Å². The smallest absolute Gasteiger partial charge is 0.315 e. The highest BCUT2D eigenvalue weighted by Gasteiger charge is 2.42. The summed E-state index contributed by atoms with van der Waals surface area (Å²) in [5, 5.41) is 21.3. The lowest BCUT2D eigenvalue weighted by Crippen LogP contribution is -2.36. The van der Waals surface area contributed by atoms with Crippen LogP contribution in [-0.4, -0.2) is 53.3 Å². The molecule has 0 bridgehead atoms. The van der Waals surface area contributed by atoms with Crippen LogP contribution >= 0.6 is 11.8 Å². The molecule has 0 unspecified atom stereocenters. The molecule has 2 saturated heterocycles. The van der Waals surface area contributed by atoms with Gasteiger partial charge in [0.1, 0.15) is 0 Å². The van der Waals surface area contributed by atoms with Crippen molar-refractivity contribution in [1.29, 1.82) is 0 Å². The predicted molar refractivity (Wildman–Crippen MR) is 69.6 cm³/mol. The van der Waals surface area contributed by atoms with Gasteiger partial charge in [-0.1, -0.05) is 6.42 Å². The molecule has 100 valence electrons. The van der Waals surface area contributed by atoms with Crippen LogP contribution in [0, 0.1) is 0 Å². The third-order valence-corrected chi connectivity index (χ3v) is 4.58. The molecule has 0 aliphatic carbocycles. The maximum Gasteiger partial charge on any atom is 0.315 e. The monoisotopic (exact) mass is 272 g/mol. The third kappa shape index (κ3) is 4.10. The van der Waals surface area contributed by atoms with Gasteiger partial charge >= 0.3 is 12.0 Å². The zero-order valence-corrected chi connectivity index (χ0v) is 10.8. The summed E-state index contributed by atoms with van der Waals surface area (Å²) in [7, 11) is 3.50. The Labute approximate surface area is 111 Å². The molecule has 0 spiro atoms. The normalized spacial score (nSPS) is 28.7. The van der Waals surface area contributed by atoms with E-state index < -0.39 is 5.97 Å². The number of carboxylic acid groups (broad SMARTS) is 1. The van der Waals surface area contributed by atoms with Crippen LogP contribution in [-0.2, 0) is 4.79 Å². The minimum absolute atomic E-state index is 0.0640. The SMILES string of the molecule is O=C(O)CCCC[C@@H]1SC[C@@H]2NC(=O)N[C@@H]21.[B]O. The van der Waals surface area contributed by atoms with Gasteiger partial charge < -0.3 is 20.8 Å². The molecule has 0 aromatic heterocycles. The Morgan fingerprint density at radius 3 is 2.78 bits per heavy atom. The van der Waals surface area contributed by atoms with Gasteiger partial charge in [-0.25, -0.2) is 4.79 Å².